The third-order valence-corrected chi connectivity index (χ3v) is 6.03. The Hall–Kier alpha value is -2.07. The SMILES string of the molecule is CCCC(CCC)N1CCn2nc(-c3ccc(Cl)cc3C)c3nc(C)cc1c32. The van der Waals surface area contributed by atoms with Crippen molar-refractivity contribution >= 4 is 28.3 Å². The van der Waals surface area contributed by atoms with Crippen molar-refractivity contribution in [1.82, 2.24) is 14.8 Å². The van der Waals surface area contributed by atoms with E-state index in [1.807, 2.05) is 12.1 Å². The van der Waals surface area contributed by atoms with Gasteiger partial charge >= 0.3 is 0 Å². The second kappa shape index (κ2) is 7.75. The molecule has 1 aliphatic heterocycles. The van der Waals surface area contributed by atoms with Crippen LogP contribution in [0.15, 0.2) is 24.3 Å². The third kappa shape index (κ3) is 3.28. The van der Waals surface area contributed by atoms with Gasteiger partial charge in [-0.25, -0.2) is 4.98 Å². The lowest BCUT2D eigenvalue weighted by Gasteiger charge is -2.37. The summed E-state index contributed by atoms with van der Waals surface area (Å²) in [5, 5.41) is 5.75. The number of rotatable bonds is 6. The van der Waals surface area contributed by atoms with Crippen LogP contribution in [0.25, 0.3) is 22.3 Å². The van der Waals surface area contributed by atoms with Crippen molar-refractivity contribution in [3.05, 3.63) is 40.5 Å². The van der Waals surface area contributed by atoms with E-state index in [2.05, 4.69) is 49.4 Å². The third-order valence-electron chi connectivity index (χ3n) is 5.79. The lowest BCUT2D eigenvalue weighted by Crippen LogP contribution is -2.40. The van der Waals surface area contributed by atoms with E-state index >= 15 is 0 Å². The zero-order valence-electron chi connectivity index (χ0n) is 17.3. The van der Waals surface area contributed by atoms with E-state index in [1.54, 1.807) is 0 Å². The lowest BCUT2D eigenvalue weighted by molar-refractivity contribution is 0.473. The molecular weight excluding hydrogens is 368 g/mol. The van der Waals surface area contributed by atoms with Crippen molar-refractivity contribution in [3.63, 3.8) is 0 Å². The van der Waals surface area contributed by atoms with Crippen LogP contribution in [0.5, 0.6) is 0 Å². The number of hydrogen-bond donors (Lipinski definition) is 0. The maximum atomic E-state index is 6.18. The molecule has 0 unspecified atom stereocenters. The predicted molar refractivity (Wildman–Crippen MR) is 118 cm³/mol. The van der Waals surface area contributed by atoms with Gasteiger partial charge in [-0.3, -0.25) is 4.68 Å². The van der Waals surface area contributed by atoms with Gasteiger partial charge in [-0.15, -0.1) is 0 Å². The monoisotopic (exact) mass is 396 g/mol. The number of hydrogen-bond acceptors (Lipinski definition) is 3. The van der Waals surface area contributed by atoms with Gasteiger partial charge in [-0.1, -0.05) is 44.4 Å². The summed E-state index contributed by atoms with van der Waals surface area (Å²) in [4.78, 5) is 7.54. The van der Waals surface area contributed by atoms with Gasteiger partial charge in [0.15, 0.2) is 0 Å². The highest BCUT2D eigenvalue weighted by Crippen LogP contribution is 2.38. The average molecular weight is 397 g/mol. The summed E-state index contributed by atoms with van der Waals surface area (Å²) in [6, 6.07) is 8.85. The fourth-order valence-electron chi connectivity index (χ4n) is 4.57. The van der Waals surface area contributed by atoms with E-state index in [4.69, 9.17) is 21.7 Å². The average Bonchev–Trinajstić information content (AvgIpc) is 3.01. The lowest BCUT2D eigenvalue weighted by atomic mass is 10.0. The van der Waals surface area contributed by atoms with E-state index in [9.17, 15) is 0 Å². The molecule has 2 aromatic heterocycles. The van der Waals surface area contributed by atoms with Gasteiger partial charge in [0.25, 0.3) is 0 Å². The molecule has 1 aromatic carbocycles. The molecular formula is C23H29ClN4. The highest BCUT2D eigenvalue weighted by Gasteiger charge is 2.28. The van der Waals surface area contributed by atoms with Gasteiger partial charge in [-0.05, 0) is 50.5 Å². The van der Waals surface area contributed by atoms with E-state index in [-0.39, 0.29) is 0 Å². The fourth-order valence-corrected chi connectivity index (χ4v) is 4.79. The largest absolute Gasteiger partial charge is 0.365 e. The number of benzene rings is 1. The van der Waals surface area contributed by atoms with Crippen LogP contribution in [0.1, 0.15) is 50.8 Å². The van der Waals surface area contributed by atoms with Crippen LogP contribution < -0.4 is 4.90 Å². The molecule has 28 heavy (non-hydrogen) atoms. The Balaban J connectivity index is 1.90. The quantitative estimate of drug-likeness (QED) is 0.500. The summed E-state index contributed by atoms with van der Waals surface area (Å²) >= 11 is 6.18. The summed E-state index contributed by atoms with van der Waals surface area (Å²) in [6.07, 6.45) is 4.88. The van der Waals surface area contributed by atoms with Crippen molar-refractivity contribution < 1.29 is 0 Å². The van der Waals surface area contributed by atoms with Crippen molar-refractivity contribution in [3.8, 4) is 11.3 Å². The first-order chi connectivity index (χ1) is 13.5. The normalized spacial score (nSPS) is 13.7. The second-order valence-electron chi connectivity index (χ2n) is 7.94. The topological polar surface area (TPSA) is 34.0 Å². The molecule has 5 heteroatoms. The fraction of sp³-hybridized carbons (Fsp3) is 0.478. The Labute approximate surface area is 172 Å². The van der Waals surface area contributed by atoms with Gasteiger partial charge in [0.2, 0.25) is 0 Å². The molecule has 3 aromatic rings. The van der Waals surface area contributed by atoms with Crippen LogP contribution in [-0.2, 0) is 6.54 Å². The summed E-state index contributed by atoms with van der Waals surface area (Å²) in [5.74, 6) is 0. The van der Waals surface area contributed by atoms with Crippen molar-refractivity contribution in [2.24, 2.45) is 0 Å². The molecule has 0 saturated heterocycles. The number of nitrogens with zero attached hydrogens (tertiary/aromatic N) is 4. The molecule has 0 fully saturated rings. The van der Waals surface area contributed by atoms with Crippen LogP contribution in [0.4, 0.5) is 5.69 Å². The zero-order valence-corrected chi connectivity index (χ0v) is 18.1. The first-order valence-electron chi connectivity index (χ1n) is 10.4. The van der Waals surface area contributed by atoms with E-state index in [0.717, 1.165) is 46.1 Å². The number of anilines is 1. The molecule has 0 amide bonds. The van der Waals surface area contributed by atoms with E-state index in [1.165, 1.54) is 36.9 Å². The van der Waals surface area contributed by atoms with E-state index in [0.29, 0.717) is 6.04 Å². The molecule has 0 N–H and O–H groups in total. The zero-order chi connectivity index (χ0) is 19.8. The van der Waals surface area contributed by atoms with E-state index < -0.39 is 0 Å². The smallest absolute Gasteiger partial charge is 0.119 e. The Bertz CT molecular complexity index is 1000. The van der Waals surface area contributed by atoms with Gasteiger partial charge in [0.05, 0.1) is 12.2 Å². The molecule has 4 nitrogen and oxygen atoms in total. The van der Waals surface area contributed by atoms with Crippen LogP contribution in [0.2, 0.25) is 5.02 Å². The molecule has 0 aliphatic carbocycles. The summed E-state index contributed by atoms with van der Waals surface area (Å²) in [5.41, 5.74) is 7.76. The first-order valence-corrected chi connectivity index (χ1v) is 10.8. The summed E-state index contributed by atoms with van der Waals surface area (Å²) in [6.45, 7) is 10.7. The minimum atomic E-state index is 0.587. The number of aromatic nitrogens is 3. The summed E-state index contributed by atoms with van der Waals surface area (Å²) in [7, 11) is 0. The van der Waals surface area contributed by atoms with Gasteiger partial charge in [0.1, 0.15) is 16.7 Å². The van der Waals surface area contributed by atoms with Crippen LogP contribution in [0, 0.1) is 13.8 Å². The first kappa shape index (κ1) is 19.3. The van der Waals surface area contributed by atoms with Gasteiger partial charge in [-0.2, -0.15) is 5.10 Å². The second-order valence-corrected chi connectivity index (χ2v) is 8.37. The minimum absolute atomic E-state index is 0.587. The molecule has 0 spiro atoms. The number of aryl methyl sites for hydroxylation is 2. The standard InChI is InChI=1S/C23H29ClN4/c1-5-7-18(8-6-2)27-11-12-28-23-20(27)14-16(4)25-22(23)21(26-28)19-10-9-17(24)13-15(19)3/h9-10,13-14,18H,5-8,11-12H2,1-4H3. The van der Waals surface area contributed by atoms with Crippen LogP contribution >= 0.6 is 11.6 Å². The highest BCUT2D eigenvalue weighted by atomic mass is 35.5. The van der Waals surface area contributed by atoms with Gasteiger partial charge < -0.3 is 4.90 Å². The molecule has 0 radical (unpaired) electrons. The van der Waals surface area contributed by atoms with Crippen LogP contribution in [0.3, 0.4) is 0 Å². The van der Waals surface area contributed by atoms with Gasteiger partial charge in [0, 0.05) is 28.9 Å². The predicted octanol–water partition coefficient (Wildman–Crippen LogP) is 6.16. The number of halogens is 1. The van der Waals surface area contributed by atoms with Crippen molar-refractivity contribution in [2.75, 3.05) is 11.4 Å². The Kier molecular flexibility index (Phi) is 5.33. The number of pyridine rings is 1. The minimum Gasteiger partial charge on any atom is -0.365 e. The Morgan fingerprint density at radius 2 is 1.82 bits per heavy atom. The van der Waals surface area contributed by atoms with Crippen molar-refractivity contribution in [1.29, 1.82) is 0 Å². The van der Waals surface area contributed by atoms with Crippen molar-refractivity contribution in [2.45, 2.75) is 66.0 Å². The summed E-state index contributed by atoms with van der Waals surface area (Å²) < 4.78 is 2.16. The molecule has 4 rings (SSSR count). The molecule has 0 saturated carbocycles. The van der Waals surface area contributed by atoms with Crippen LogP contribution in [-0.4, -0.2) is 27.4 Å². The maximum Gasteiger partial charge on any atom is 0.119 e. The molecule has 3 heterocycles. The molecule has 148 valence electrons. The Morgan fingerprint density at radius 3 is 2.50 bits per heavy atom. The maximum absolute atomic E-state index is 6.18. The Morgan fingerprint density at radius 1 is 1.07 bits per heavy atom. The molecule has 0 atom stereocenters. The highest BCUT2D eigenvalue weighted by molar-refractivity contribution is 6.30. The molecule has 1 aliphatic rings. The molecule has 0 bridgehead atoms.